The van der Waals surface area contributed by atoms with Gasteiger partial charge in [0.05, 0.1) is 11.9 Å². The first-order valence-corrected chi connectivity index (χ1v) is 10.9. The molecule has 4 fully saturated rings. The molecule has 0 saturated carbocycles. The van der Waals surface area contributed by atoms with E-state index < -0.39 is 0 Å². The molecule has 2 bridgehead atoms. The molecule has 4 saturated heterocycles. The summed E-state index contributed by atoms with van der Waals surface area (Å²) in [6.45, 7) is 4.71. The number of fused-ring (bicyclic) bond motifs is 4. The number of likely N-dealkylation sites (tertiary alicyclic amines) is 1. The van der Waals surface area contributed by atoms with E-state index in [1.807, 2.05) is 23.1 Å². The van der Waals surface area contributed by atoms with Crippen LogP contribution in [0.3, 0.4) is 0 Å². The number of benzene rings is 1. The Balaban J connectivity index is 0.000000730. The van der Waals surface area contributed by atoms with Crippen molar-refractivity contribution < 1.29 is 19.5 Å². The molecule has 4 aliphatic heterocycles. The van der Waals surface area contributed by atoms with Gasteiger partial charge >= 0.3 is 0 Å². The number of hydrogen-bond acceptors (Lipinski definition) is 5. The van der Waals surface area contributed by atoms with Crippen molar-refractivity contribution in [3.63, 3.8) is 0 Å². The number of aromatic amines is 1. The van der Waals surface area contributed by atoms with Crippen molar-refractivity contribution in [2.75, 3.05) is 32.7 Å². The van der Waals surface area contributed by atoms with Gasteiger partial charge in [0.2, 0.25) is 5.91 Å². The van der Waals surface area contributed by atoms with E-state index in [-0.39, 0.29) is 24.3 Å². The van der Waals surface area contributed by atoms with Crippen LogP contribution in [0.2, 0.25) is 0 Å². The van der Waals surface area contributed by atoms with Crippen LogP contribution in [0.1, 0.15) is 41.7 Å². The van der Waals surface area contributed by atoms with E-state index in [9.17, 15) is 9.59 Å². The Kier molecular flexibility index (Phi) is 6.50. The third-order valence-corrected chi connectivity index (χ3v) is 6.63. The van der Waals surface area contributed by atoms with Crippen molar-refractivity contribution in [1.29, 1.82) is 0 Å². The van der Waals surface area contributed by atoms with Crippen molar-refractivity contribution in [3.05, 3.63) is 29.5 Å². The summed E-state index contributed by atoms with van der Waals surface area (Å²) in [4.78, 5) is 38.1. The molecule has 4 aliphatic rings. The molecule has 0 spiro atoms. The number of rotatable bonds is 4. The molecule has 31 heavy (non-hydrogen) atoms. The summed E-state index contributed by atoms with van der Waals surface area (Å²) < 4.78 is 0. The van der Waals surface area contributed by atoms with Crippen molar-refractivity contribution in [3.8, 4) is 0 Å². The van der Waals surface area contributed by atoms with Crippen LogP contribution in [-0.2, 0) is 16.0 Å². The lowest BCUT2D eigenvalue weighted by atomic mass is 9.84. The van der Waals surface area contributed by atoms with Crippen LogP contribution in [0.25, 0.3) is 10.9 Å². The molecule has 1 aromatic carbocycles. The standard InChI is InChI=1S/C21H27N5O2.CH2O2/c27-19(26-7-1-2-8-26)12-14-3-4-17-16(11-14)20(24-23-17)21(28)22-18-13-25-9-5-15(18)6-10-25;2-1-3/h3-4,11,15,18H,1-2,5-10,12-13H2,(H,22,28)(H,23,24);1H,(H,2,3)/t18-;/m1./s1. The van der Waals surface area contributed by atoms with Crippen LogP contribution in [0.4, 0.5) is 0 Å². The van der Waals surface area contributed by atoms with E-state index in [1.54, 1.807) is 0 Å². The summed E-state index contributed by atoms with van der Waals surface area (Å²) in [7, 11) is 0. The molecule has 6 rings (SSSR count). The lowest BCUT2D eigenvalue weighted by Gasteiger charge is -2.44. The van der Waals surface area contributed by atoms with Gasteiger partial charge in [-0.1, -0.05) is 6.07 Å². The lowest BCUT2D eigenvalue weighted by Crippen LogP contribution is -2.57. The smallest absolute Gasteiger partial charge is 0.290 e. The Hall–Kier alpha value is -2.94. The quantitative estimate of drug-likeness (QED) is 0.632. The number of carboxylic acid groups (broad SMARTS) is 1. The van der Waals surface area contributed by atoms with Gasteiger partial charge in [0.25, 0.3) is 12.4 Å². The van der Waals surface area contributed by atoms with Gasteiger partial charge in [-0.05, 0) is 62.4 Å². The van der Waals surface area contributed by atoms with Crippen molar-refractivity contribution >= 4 is 29.2 Å². The zero-order valence-corrected chi connectivity index (χ0v) is 17.5. The average molecular weight is 428 g/mol. The summed E-state index contributed by atoms with van der Waals surface area (Å²) in [5, 5.41) is 18.1. The van der Waals surface area contributed by atoms with E-state index in [0.717, 1.165) is 74.9 Å². The van der Waals surface area contributed by atoms with Gasteiger partial charge in [-0.25, -0.2) is 0 Å². The highest BCUT2D eigenvalue weighted by Gasteiger charge is 2.35. The number of nitrogens with zero attached hydrogens (tertiary/aromatic N) is 3. The molecule has 9 heteroatoms. The summed E-state index contributed by atoms with van der Waals surface area (Å²) >= 11 is 0. The molecule has 9 nitrogen and oxygen atoms in total. The van der Waals surface area contributed by atoms with E-state index in [0.29, 0.717) is 18.0 Å². The second kappa shape index (κ2) is 9.47. The van der Waals surface area contributed by atoms with Gasteiger partial charge in [0.15, 0.2) is 5.69 Å². The minimum atomic E-state index is -0.250. The average Bonchev–Trinajstić information content (AvgIpc) is 3.45. The van der Waals surface area contributed by atoms with Crippen molar-refractivity contribution in [2.45, 2.75) is 38.1 Å². The summed E-state index contributed by atoms with van der Waals surface area (Å²) in [6, 6.07) is 6.02. The van der Waals surface area contributed by atoms with Crippen LogP contribution in [0, 0.1) is 5.92 Å². The molecular formula is C22H29N5O4. The molecule has 2 aromatic rings. The van der Waals surface area contributed by atoms with E-state index in [2.05, 4.69) is 20.4 Å². The molecule has 0 unspecified atom stereocenters. The highest BCUT2D eigenvalue weighted by atomic mass is 16.3. The second-order valence-corrected chi connectivity index (χ2v) is 8.54. The number of piperidine rings is 3. The molecule has 3 N–H and O–H groups in total. The Bertz CT molecular complexity index is 945. The van der Waals surface area contributed by atoms with E-state index >= 15 is 0 Å². The predicted octanol–water partition coefficient (Wildman–Crippen LogP) is 1.25. The molecular weight excluding hydrogens is 398 g/mol. The minimum absolute atomic E-state index is 0.118. The number of nitrogens with one attached hydrogen (secondary N) is 2. The molecule has 166 valence electrons. The Morgan fingerprint density at radius 2 is 1.90 bits per heavy atom. The highest BCUT2D eigenvalue weighted by molar-refractivity contribution is 6.05. The minimum Gasteiger partial charge on any atom is -0.483 e. The molecule has 1 atom stereocenters. The molecule has 5 heterocycles. The Morgan fingerprint density at radius 3 is 2.55 bits per heavy atom. The van der Waals surface area contributed by atoms with E-state index in [1.165, 1.54) is 0 Å². The SMILES string of the molecule is O=C(N[C@@H]1CN2CCC1CC2)c1n[nH]c2ccc(CC(=O)N3CCCC3)cc12.O=CO. The maximum Gasteiger partial charge on any atom is 0.290 e. The number of H-pyrrole nitrogens is 1. The highest BCUT2D eigenvalue weighted by Crippen LogP contribution is 2.28. The molecule has 0 radical (unpaired) electrons. The summed E-state index contributed by atoms with van der Waals surface area (Å²) in [6.07, 6.45) is 4.89. The van der Waals surface area contributed by atoms with Gasteiger partial charge in [0.1, 0.15) is 0 Å². The van der Waals surface area contributed by atoms with Gasteiger partial charge in [-0.15, -0.1) is 0 Å². The first-order chi connectivity index (χ1) is 15.1. The van der Waals surface area contributed by atoms with Crippen LogP contribution in [-0.4, -0.2) is 82.2 Å². The number of carbonyl (C=O) groups is 3. The molecule has 2 amide bonds. The van der Waals surface area contributed by atoms with Crippen molar-refractivity contribution in [2.24, 2.45) is 5.92 Å². The monoisotopic (exact) mass is 427 g/mol. The van der Waals surface area contributed by atoms with Gasteiger partial charge in [-0.3, -0.25) is 19.5 Å². The number of carbonyl (C=O) groups excluding carboxylic acids is 2. The van der Waals surface area contributed by atoms with E-state index in [4.69, 9.17) is 9.90 Å². The number of aromatic nitrogens is 2. The maximum atomic E-state index is 12.9. The van der Waals surface area contributed by atoms with Crippen LogP contribution < -0.4 is 5.32 Å². The normalized spacial score (nSPS) is 24.5. The van der Waals surface area contributed by atoms with Gasteiger partial charge < -0.3 is 20.2 Å². The summed E-state index contributed by atoms with van der Waals surface area (Å²) in [5.74, 6) is 0.624. The number of hydrogen-bond donors (Lipinski definition) is 3. The lowest BCUT2D eigenvalue weighted by molar-refractivity contribution is -0.129. The number of amides is 2. The van der Waals surface area contributed by atoms with Gasteiger partial charge in [0, 0.05) is 31.1 Å². The largest absolute Gasteiger partial charge is 0.483 e. The fourth-order valence-electron chi connectivity index (χ4n) is 4.96. The second-order valence-electron chi connectivity index (χ2n) is 8.54. The summed E-state index contributed by atoms with van der Waals surface area (Å²) in [5.41, 5.74) is 2.20. The van der Waals surface area contributed by atoms with Crippen LogP contribution in [0.5, 0.6) is 0 Å². The van der Waals surface area contributed by atoms with Crippen molar-refractivity contribution in [1.82, 2.24) is 25.3 Å². The van der Waals surface area contributed by atoms with Crippen LogP contribution in [0.15, 0.2) is 18.2 Å². The zero-order valence-electron chi connectivity index (χ0n) is 17.5. The Morgan fingerprint density at radius 1 is 1.19 bits per heavy atom. The third kappa shape index (κ3) is 4.71. The fraction of sp³-hybridized carbons (Fsp3) is 0.545. The zero-order chi connectivity index (χ0) is 21.8. The third-order valence-electron chi connectivity index (χ3n) is 6.63. The predicted molar refractivity (Wildman–Crippen MR) is 115 cm³/mol. The first kappa shape index (κ1) is 21.3. The molecule has 1 aromatic heterocycles. The maximum absolute atomic E-state index is 12.9. The fourth-order valence-corrected chi connectivity index (χ4v) is 4.96. The van der Waals surface area contributed by atoms with Gasteiger partial charge in [-0.2, -0.15) is 5.10 Å². The Labute approximate surface area is 180 Å². The molecule has 0 aliphatic carbocycles. The topological polar surface area (TPSA) is 119 Å². The first-order valence-electron chi connectivity index (χ1n) is 10.9. The van der Waals surface area contributed by atoms with Crippen LogP contribution >= 0.6 is 0 Å².